The molecular formula is C15H23BrN2O2S. The first-order valence-electron chi connectivity index (χ1n) is 7.49. The molecule has 0 unspecified atom stereocenters. The zero-order valence-corrected chi connectivity index (χ0v) is 14.6. The normalized spacial score (nSPS) is 17.0. The van der Waals surface area contributed by atoms with E-state index in [2.05, 4.69) is 25.6 Å². The summed E-state index contributed by atoms with van der Waals surface area (Å²) in [5.41, 5.74) is 0.807. The van der Waals surface area contributed by atoms with E-state index in [1.54, 1.807) is 0 Å². The second-order valence-corrected chi connectivity index (χ2v) is 8.26. The van der Waals surface area contributed by atoms with Crippen molar-refractivity contribution in [1.29, 1.82) is 0 Å². The molecule has 6 heteroatoms. The Bertz CT molecular complexity index is 525. The molecule has 0 aliphatic carbocycles. The van der Waals surface area contributed by atoms with Gasteiger partial charge in [0.2, 0.25) is 10.0 Å². The van der Waals surface area contributed by atoms with Crippen LogP contribution in [0, 0.1) is 0 Å². The van der Waals surface area contributed by atoms with E-state index in [-0.39, 0.29) is 5.75 Å². The first-order valence-corrected chi connectivity index (χ1v) is 9.94. The van der Waals surface area contributed by atoms with Gasteiger partial charge in [0.25, 0.3) is 0 Å². The molecule has 1 saturated heterocycles. The van der Waals surface area contributed by atoms with Crippen molar-refractivity contribution in [3.8, 4) is 0 Å². The summed E-state index contributed by atoms with van der Waals surface area (Å²) in [7, 11) is -3.23. The molecule has 0 bridgehead atoms. The number of halogens is 1. The third kappa shape index (κ3) is 6.46. The summed E-state index contributed by atoms with van der Waals surface area (Å²) in [6, 6.07) is 7.39. The molecule has 0 atom stereocenters. The standard InChI is InChI=1S/C15H23BrN2O2S/c16-15-7-5-14(6-8-15)13-21(19,20)17-9-4-12-18-10-2-1-3-11-18/h5-8,17H,1-4,9-13H2. The van der Waals surface area contributed by atoms with Crippen LogP contribution in [0.25, 0.3) is 0 Å². The van der Waals surface area contributed by atoms with Crippen molar-refractivity contribution in [2.75, 3.05) is 26.2 Å². The summed E-state index contributed by atoms with van der Waals surface area (Å²) < 4.78 is 27.7. The van der Waals surface area contributed by atoms with E-state index in [4.69, 9.17) is 0 Å². The Morgan fingerprint density at radius 3 is 2.43 bits per heavy atom. The van der Waals surface area contributed by atoms with Crippen LogP contribution in [0.3, 0.4) is 0 Å². The highest BCUT2D eigenvalue weighted by Crippen LogP contribution is 2.12. The van der Waals surface area contributed by atoms with Crippen molar-refractivity contribution in [1.82, 2.24) is 9.62 Å². The van der Waals surface area contributed by atoms with Crippen molar-refractivity contribution in [2.24, 2.45) is 0 Å². The molecule has 0 radical (unpaired) electrons. The maximum atomic E-state index is 12.0. The fraction of sp³-hybridized carbons (Fsp3) is 0.600. The van der Waals surface area contributed by atoms with Gasteiger partial charge in [0.05, 0.1) is 5.75 Å². The Kier molecular flexibility index (Phi) is 6.67. The lowest BCUT2D eigenvalue weighted by Crippen LogP contribution is -2.33. The molecule has 0 spiro atoms. The molecule has 0 amide bonds. The molecule has 1 aliphatic rings. The summed E-state index contributed by atoms with van der Waals surface area (Å²) in [4.78, 5) is 2.42. The minimum absolute atomic E-state index is 0.0456. The molecule has 1 heterocycles. The van der Waals surface area contributed by atoms with Gasteiger partial charge in [-0.25, -0.2) is 13.1 Å². The van der Waals surface area contributed by atoms with E-state index < -0.39 is 10.0 Å². The smallest absolute Gasteiger partial charge is 0.215 e. The zero-order chi connectivity index (χ0) is 15.1. The van der Waals surface area contributed by atoms with E-state index in [1.165, 1.54) is 19.3 Å². The van der Waals surface area contributed by atoms with Crippen molar-refractivity contribution < 1.29 is 8.42 Å². The van der Waals surface area contributed by atoms with Gasteiger partial charge in [0.15, 0.2) is 0 Å². The molecule has 118 valence electrons. The van der Waals surface area contributed by atoms with Crippen LogP contribution in [-0.2, 0) is 15.8 Å². The SMILES string of the molecule is O=S(=O)(Cc1ccc(Br)cc1)NCCCN1CCCCC1. The van der Waals surface area contributed by atoms with E-state index in [0.29, 0.717) is 6.54 Å². The van der Waals surface area contributed by atoms with Gasteiger partial charge in [-0.3, -0.25) is 0 Å². The van der Waals surface area contributed by atoms with Crippen LogP contribution in [0.5, 0.6) is 0 Å². The van der Waals surface area contributed by atoms with Crippen molar-refractivity contribution in [3.05, 3.63) is 34.3 Å². The highest BCUT2D eigenvalue weighted by atomic mass is 79.9. The number of sulfonamides is 1. The fourth-order valence-corrected chi connectivity index (χ4v) is 4.02. The molecule has 1 N–H and O–H groups in total. The molecule has 21 heavy (non-hydrogen) atoms. The van der Waals surface area contributed by atoms with E-state index >= 15 is 0 Å². The predicted octanol–water partition coefficient (Wildman–Crippen LogP) is 2.74. The Labute approximate surface area is 136 Å². The van der Waals surface area contributed by atoms with Crippen LogP contribution >= 0.6 is 15.9 Å². The highest BCUT2D eigenvalue weighted by molar-refractivity contribution is 9.10. The van der Waals surface area contributed by atoms with E-state index in [9.17, 15) is 8.42 Å². The Morgan fingerprint density at radius 1 is 1.10 bits per heavy atom. The van der Waals surface area contributed by atoms with E-state index in [0.717, 1.165) is 36.1 Å². The van der Waals surface area contributed by atoms with E-state index in [1.807, 2.05) is 24.3 Å². The molecular weight excluding hydrogens is 352 g/mol. The number of rotatable bonds is 7. The average molecular weight is 375 g/mol. The van der Waals surface area contributed by atoms with Crippen molar-refractivity contribution >= 4 is 26.0 Å². The number of benzene rings is 1. The fourth-order valence-electron chi connectivity index (χ4n) is 2.56. The second kappa shape index (κ2) is 8.27. The maximum Gasteiger partial charge on any atom is 0.215 e. The quantitative estimate of drug-likeness (QED) is 0.746. The van der Waals surface area contributed by atoms with Gasteiger partial charge in [-0.05, 0) is 56.6 Å². The van der Waals surface area contributed by atoms with Gasteiger partial charge in [-0.2, -0.15) is 0 Å². The first-order chi connectivity index (χ1) is 10.1. The lowest BCUT2D eigenvalue weighted by atomic mass is 10.1. The number of piperidine rings is 1. The van der Waals surface area contributed by atoms with Crippen LogP contribution < -0.4 is 4.72 Å². The van der Waals surface area contributed by atoms with Gasteiger partial charge >= 0.3 is 0 Å². The second-order valence-electron chi connectivity index (χ2n) is 5.54. The summed E-state index contributed by atoms with van der Waals surface area (Å²) in [6.45, 7) is 3.83. The summed E-state index contributed by atoms with van der Waals surface area (Å²) in [6.07, 6.45) is 4.75. The molecule has 0 aromatic heterocycles. The summed E-state index contributed by atoms with van der Waals surface area (Å²) in [5.74, 6) is 0.0456. The summed E-state index contributed by atoms with van der Waals surface area (Å²) in [5, 5.41) is 0. The molecule has 1 aliphatic heterocycles. The Hall–Kier alpha value is -0.430. The lowest BCUT2D eigenvalue weighted by molar-refractivity contribution is 0.227. The third-order valence-corrected chi connectivity index (χ3v) is 5.58. The molecule has 1 fully saturated rings. The van der Waals surface area contributed by atoms with Crippen LogP contribution in [-0.4, -0.2) is 39.5 Å². The number of hydrogen-bond acceptors (Lipinski definition) is 3. The number of nitrogens with zero attached hydrogens (tertiary/aromatic N) is 1. The number of hydrogen-bond donors (Lipinski definition) is 1. The van der Waals surface area contributed by atoms with Crippen LogP contribution in [0.2, 0.25) is 0 Å². The largest absolute Gasteiger partial charge is 0.303 e. The molecule has 1 aromatic rings. The predicted molar refractivity (Wildman–Crippen MR) is 89.7 cm³/mol. The zero-order valence-electron chi connectivity index (χ0n) is 12.2. The first kappa shape index (κ1) is 16.9. The topological polar surface area (TPSA) is 49.4 Å². The van der Waals surface area contributed by atoms with Crippen LogP contribution in [0.1, 0.15) is 31.2 Å². The summed E-state index contributed by atoms with van der Waals surface area (Å²) >= 11 is 3.34. The molecule has 4 nitrogen and oxygen atoms in total. The Morgan fingerprint density at radius 2 is 1.76 bits per heavy atom. The minimum atomic E-state index is -3.23. The van der Waals surface area contributed by atoms with Crippen molar-refractivity contribution in [3.63, 3.8) is 0 Å². The van der Waals surface area contributed by atoms with Crippen LogP contribution in [0.4, 0.5) is 0 Å². The van der Waals surface area contributed by atoms with Gasteiger partial charge in [0.1, 0.15) is 0 Å². The maximum absolute atomic E-state index is 12.0. The lowest BCUT2D eigenvalue weighted by Gasteiger charge is -2.26. The van der Waals surface area contributed by atoms with Gasteiger partial charge in [0, 0.05) is 11.0 Å². The highest BCUT2D eigenvalue weighted by Gasteiger charge is 2.12. The van der Waals surface area contributed by atoms with Gasteiger partial charge in [-0.1, -0.05) is 34.5 Å². The van der Waals surface area contributed by atoms with Crippen LogP contribution in [0.15, 0.2) is 28.7 Å². The molecule has 1 aromatic carbocycles. The third-order valence-electron chi connectivity index (χ3n) is 3.69. The minimum Gasteiger partial charge on any atom is -0.303 e. The van der Waals surface area contributed by atoms with Crippen molar-refractivity contribution in [2.45, 2.75) is 31.4 Å². The van der Waals surface area contributed by atoms with Gasteiger partial charge < -0.3 is 4.90 Å². The number of nitrogens with one attached hydrogen (secondary N) is 1. The Balaban J connectivity index is 1.69. The average Bonchev–Trinajstić information content (AvgIpc) is 2.47. The number of likely N-dealkylation sites (tertiary alicyclic amines) is 1. The van der Waals surface area contributed by atoms with Gasteiger partial charge in [-0.15, -0.1) is 0 Å². The monoisotopic (exact) mass is 374 g/mol. The molecule has 2 rings (SSSR count). The molecule has 0 saturated carbocycles.